The number of hydrogen-bond donors (Lipinski definition) is 1. The van der Waals surface area contributed by atoms with E-state index in [2.05, 4.69) is 26.1 Å². The van der Waals surface area contributed by atoms with Gasteiger partial charge in [-0.15, -0.1) is 0 Å². The maximum absolute atomic E-state index is 4.78. The number of nitrogens with zero attached hydrogens (tertiary/aromatic N) is 1. The Morgan fingerprint density at radius 3 is 2.69 bits per heavy atom. The largest absolute Gasteiger partial charge is 0.362 e. The second-order valence-corrected chi connectivity index (χ2v) is 6.58. The summed E-state index contributed by atoms with van der Waals surface area (Å²) in [7, 11) is 0. The summed E-state index contributed by atoms with van der Waals surface area (Å²) in [4.78, 5) is 4.78. The third-order valence-corrected chi connectivity index (χ3v) is 4.87. The summed E-state index contributed by atoms with van der Waals surface area (Å²) < 4.78 is 0. The van der Waals surface area contributed by atoms with Crippen molar-refractivity contribution in [2.45, 2.75) is 58.5 Å². The smallest absolute Gasteiger partial charge is 0.157 e. The lowest BCUT2D eigenvalue weighted by molar-refractivity contribution is 0.309. The van der Waals surface area contributed by atoms with Crippen LogP contribution in [-0.4, -0.2) is 23.0 Å². The Morgan fingerprint density at radius 1 is 1.31 bits per heavy atom. The monoisotopic (exact) mass is 240 g/mol. The highest BCUT2D eigenvalue weighted by Crippen LogP contribution is 2.27. The Morgan fingerprint density at radius 2 is 2.06 bits per heavy atom. The van der Waals surface area contributed by atoms with Crippen LogP contribution in [0.1, 0.15) is 46.5 Å². The van der Waals surface area contributed by atoms with Gasteiger partial charge in [-0.05, 0) is 24.7 Å². The van der Waals surface area contributed by atoms with Gasteiger partial charge >= 0.3 is 0 Å². The molecule has 0 saturated heterocycles. The zero-order valence-corrected chi connectivity index (χ0v) is 11.5. The SMILES string of the molecule is CC(C)C1CSC(NC2CCCCC2C)=N1. The van der Waals surface area contributed by atoms with Crippen LogP contribution in [0.5, 0.6) is 0 Å². The number of rotatable bonds is 2. The molecule has 92 valence electrons. The van der Waals surface area contributed by atoms with Crippen molar-refractivity contribution in [3.8, 4) is 0 Å². The van der Waals surface area contributed by atoms with Crippen LogP contribution in [0.2, 0.25) is 0 Å². The van der Waals surface area contributed by atoms with Crippen LogP contribution >= 0.6 is 11.8 Å². The molecule has 2 aliphatic rings. The summed E-state index contributed by atoms with van der Waals surface area (Å²) in [6.45, 7) is 6.90. The van der Waals surface area contributed by atoms with Gasteiger partial charge in [-0.1, -0.05) is 45.4 Å². The molecule has 1 aliphatic carbocycles. The molecule has 0 bridgehead atoms. The first-order valence-electron chi connectivity index (χ1n) is 6.64. The minimum atomic E-state index is 0.534. The van der Waals surface area contributed by atoms with E-state index in [0.29, 0.717) is 18.0 Å². The van der Waals surface area contributed by atoms with Gasteiger partial charge in [0.2, 0.25) is 0 Å². The Bertz CT molecular complexity index is 263. The molecular weight excluding hydrogens is 216 g/mol. The summed E-state index contributed by atoms with van der Waals surface area (Å²) >= 11 is 1.91. The Balaban J connectivity index is 1.87. The molecule has 2 nitrogen and oxygen atoms in total. The van der Waals surface area contributed by atoms with Crippen LogP contribution in [0.25, 0.3) is 0 Å². The first-order valence-corrected chi connectivity index (χ1v) is 7.62. The van der Waals surface area contributed by atoms with Crippen molar-refractivity contribution >= 4 is 16.9 Å². The minimum absolute atomic E-state index is 0.534. The molecule has 0 radical (unpaired) electrons. The van der Waals surface area contributed by atoms with Gasteiger partial charge in [-0.3, -0.25) is 4.99 Å². The highest BCUT2D eigenvalue weighted by atomic mass is 32.2. The molecule has 16 heavy (non-hydrogen) atoms. The topological polar surface area (TPSA) is 24.4 Å². The van der Waals surface area contributed by atoms with Crippen molar-refractivity contribution in [1.29, 1.82) is 0 Å². The molecule has 0 amide bonds. The van der Waals surface area contributed by atoms with Gasteiger partial charge in [0.15, 0.2) is 5.17 Å². The van der Waals surface area contributed by atoms with E-state index in [1.807, 2.05) is 11.8 Å². The standard InChI is InChI=1S/C13H24N2S/c1-9(2)12-8-16-13(15-12)14-11-7-5-4-6-10(11)3/h9-12H,4-8H2,1-3H3,(H,14,15). The van der Waals surface area contributed by atoms with E-state index >= 15 is 0 Å². The summed E-state index contributed by atoms with van der Waals surface area (Å²) in [5.74, 6) is 2.66. The first-order chi connectivity index (χ1) is 7.66. The van der Waals surface area contributed by atoms with E-state index in [-0.39, 0.29) is 0 Å². The van der Waals surface area contributed by atoms with Crippen molar-refractivity contribution in [3.05, 3.63) is 0 Å². The number of hydrogen-bond acceptors (Lipinski definition) is 3. The summed E-state index contributed by atoms with van der Waals surface area (Å²) in [5, 5.41) is 4.87. The molecule has 2 rings (SSSR count). The number of nitrogens with one attached hydrogen (secondary N) is 1. The number of amidine groups is 1. The quantitative estimate of drug-likeness (QED) is 0.801. The Labute approximate surface area is 104 Å². The van der Waals surface area contributed by atoms with E-state index in [4.69, 9.17) is 4.99 Å². The van der Waals surface area contributed by atoms with Crippen LogP contribution in [0.3, 0.4) is 0 Å². The fraction of sp³-hybridized carbons (Fsp3) is 0.923. The van der Waals surface area contributed by atoms with Crippen molar-refractivity contribution in [3.63, 3.8) is 0 Å². The van der Waals surface area contributed by atoms with Gasteiger partial charge in [0.25, 0.3) is 0 Å². The Hall–Kier alpha value is -0.180. The molecule has 0 aromatic carbocycles. The molecule has 0 spiro atoms. The molecule has 0 aromatic heterocycles. The van der Waals surface area contributed by atoms with Gasteiger partial charge in [0.05, 0.1) is 6.04 Å². The molecular formula is C13H24N2S. The van der Waals surface area contributed by atoms with Crippen molar-refractivity contribution < 1.29 is 0 Å². The third kappa shape index (κ3) is 2.93. The molecule has 1 N–H and O–H groups in total. The lowest BCUT2D eigenvalue weighted by atomic mass is 9.86. The van der Waals surface area contributed by atoms with Crippen LogP contribution in [0.4, 0.5) is 0 Å². The van der Waals surface area contributed by atoms with Crippen LogP contribution in [0, 0.1) is 11.8 Å². The van der Waals surface area contributed by atoms with E-state index in [1.165, 1.54) is 36.6 Å². The van der Waals surface area contributed by atoms with Gasteiger partial charge in [0.1, 0.15) is 0 Å². The zero-order valence-electron chi connectivity index (χ0n) is 10.7. The average molecular weight is 240 g/mol. The molecule has 3 heteroatoms. The highest BCUT2D eigenvalue weighted by molar-refractivity contribution is 8.14. The van der Waals surface area contributed by atoms with E-state index in [0.717, 1.165) is 5.92 Å². The molecule has 3 atom stereocenters. The normalized spacial score (nSPS) is 35.2. The maximum Gasteiger partial charge on any atom is 0.157 e. The van der Waals surface area contributed by atoms with Crippen molar-refractivity contribution in [2.24, 2.45) is 16.8 Å². The highest BCUT2D eigenvalue weighted by Gasteiger charge is 2.26. The molecule has 3 unspecified atom stereocenters. The fourth-order valence-corrected chi connectivity index (χ4v) is 3.73. The molecule has 1 heterocycles. The lowest BCUT2D eigenvalue weighted by Crippen LogP contribution is -2.39. The summed E-state index contributed by atoms with van der Waals surface area (Å²) in [6, 6.07) is 1.21. The molecule has 1 saturated carbocycles. The third-order valence-electron chi connectivity index (χ3n) is 3.86. The van der Waals surface area contributed by atoms with Crippen LogP contribution in [0.15, 0.2) is 4.99 Å². The van der Waals surface area contributed by atoms with Crippen molar-refractivity contribution in [2.75, 3.05) is 5.75 Å². The second-order valence-electron chi connectivity index (χ2n) is 5.57. The minimum Gasteiger partial charge on any atom is -0.362 e. The number of thioether (sulfide) groups is 1. The van der Waals surface area contributed by atoms with Gasteiger partial charge < -0.3 is 5.32 Å². The Kier molecular flexibility index (Phi) is 4.17. The predicted octanol–water partition coefficient (Wildman–Crippen LogP) is 3.28. The van der Waals surface area contributed by atoms with E-state index < -0.39 is 0 Å². The molecule has 1 fully saturated rings. The molecule has 1 aliphatic heterocycles. The number of aliphatic imine (C=N–C) groups is 1. The van der Waals surface area contributed by atoms with E-state index in [1.54, 1.807) is 0 Å². The van der Waals surface area contributed by atoms with Gasteiger partial charge in [-0.25, -0.2) is 0 Å². The second kappa shape index (κ2) is 5.44. The van der Waals surface area contributed by atoms with Gasteiger partial charge in [-0.2, -0.15) is 0 Å². The summed E-state index contributed by atoms with van der Waals surface area (Å²) in [6.07, 6.45) is 5.50. The van der Waals surface area contributed by atoms with E-state index in [9.17, 15) is 0 Å². The molecule has 0 aromatic rings. The van der Waals surface area contributed by atoms with Crippen molar-refractivity contribution in [1.82, 2.24) is 5.32 Å². The summed E-state index contributed by atoms with van der Waals surface area (Å²) in [5.41, 5.74) is 0. The van der Waals surface area contributed by atoms with Crippen LogP contribution < -0.4 is 5.32 Å². The fourth-order valence-electron chi connectivity index (χ4n) is 2.50. The van der Waals surface area contributed by atoms with Gasteiger partial charge in [0, 0.05) is 11.8 Å². The lowest BCUT2D eigenvalue weighted by Gasteiger charge is -2.29. The zero-order chi connectivity index (χ0) is 11.5. The average Bonchev–Trinajstić information content (AvgIpc) is 2.70. The maximum atomic E-state index is 4.78. The van der Waals surface area contributed by atoms with Crippen LogP contribution in [-0.2, 0) is 0 Å². The predicted molar refractivity (Wildman–Crippen MR) is 73.1 cm³/mol. The first kappa shape index (κ1) is 12.3.